The van der Waals surface area contributed by atoms with Gasteiger partial charge in [-0.25, -0.2) is 0 Å². The molecule has 0 fully saturated rings. The highest BCUT2D eigenvalue weighted by molar-refractivity contribution is 7.98. The molecule has 1 aromatic rings. The third-order valence-electron chi connectivity index (χ3n) is 2.08. The maximum absolute atomic E-state index is 5.60. The molecule has 0 aliphatic carbocycles. The average Bonchev–Trinajstić information content (AvgIpc) is 2.30. The van der Waals surface area contributed by atoms with Gasteiger partial charge in [-0.3, -0.25) is 0 Å². The van der Waals surface area contributed by atoms with Crippen molar-refractivity contribution >= 4 is 11.8 Å². The molecule has 0 atom stereocenters. The second-order valence-corrected chi connectivity index (χ2v) is 4.11. The van der Waals surface area contributed by atoms with Crippen molar-refractivity contribution < 1.29 is 4.74 Å². The summed E-state index contributed by atoms with van der Waals surface area (Å²) in [6.45, 7) is 4.95. The van der Waals surface area contributed by atoms with Crippen molar-refractivity contribution in [2.24, 2.45) is 0 Å². The highest BCUT2D eigenvalue weighted by Gasteiger charge is 1.94. The zero-order chi connectivity index (χ0) is 10.9. The first kappa shape index (κ1) is 12.4. The Kier molecular flexibility index (Phi) is 6.28. The number of thioether (sulfide) groups is 1. The van der Waals surface area contributed by atoms with Gasteiger partial charge in [0.25, 0.3) is 0 Å². The lowest BCUT2D eigenvalue weighted by Gasteiger charge is -2.06. The van der Waals surface area contributed by atoms with Gasteiger partial charge in [0.15, 0.2) is 0 Å². The number of nitrogens with one attached hydrogen (secondary N) is 1. The van der Waals surface area contributed by atoms with Crippen molar-refractivity contribution in [3.8, 4) is 5.75 Å². The zero-order valence-electron chi connectivity index (χ0n) is 9.45. The molecule has 0 radical (unpaired) electrons. The van der Waals surface area contributed by atoms with E-state index in [1.165, 1.54) is 4.90 Å². The molecule has 0 spiro atoms. The van der Waals surface area contributed by atoms with Crippen molar-refractivity contribution in [3.63, 3.8) is 0 Å². The molecular formula is C12H19NOS. The highest BCUT2D eigenvalue weighted by atomic mass is 32.2. The van der Waals surface area contributed by atoms with Crippen LogP contribution in [0.15, 0.2) is 29.2 Å². The third-order valence-corrected chi connectivity index (χ3v) is 2.82. The molecule has 1 N–H and O–H groups in total. The van der Waals surface area contributed by atoms with Crippen molar-refractivity contribution in [1.82, 2.24) is 5.32 Å². The van der Waals surface area contributed by atoms with Gasteiger partial charge in [0.05, 0.1) is 6.61 Å². The predicted octanol–water partition coefficient (Wildman–Crippen LogP) is 2.79. The molecule has 2 nitrogen and oxygen atoms in total. The van der Waals surface area contributed by atoms with Gasteiger partial charge < -0.3 is 10.1 Å². The van der Waals surface area contributed by atoms with E-state index in [2.05, 4.69) is 30.6 Å². The van der Waals surface area contributed by atoms with Crippen molar-refractivity contribution in [3.05, 3.63) is 24.3 Å². The standard InChI is InChI=1S/C12H19NOS/c1-3-13-9-4-10-14-11-5-7-12(15-2)8-6-11/h5-8,13H,3-4,9-10H2,1-2H3. The Morgan fingerprint density at radius 2 is 2.00 bits per heavy atom. The van der Waals surface area contributed by atoms with E-state index in [4.69, 9.17) is 4.74 Å². The fourth-order valence-corrected chi connectivity index (χ4v) is 1.64. The molecule has 0 aliphatic rings. The second kappa shape index (κ2) is 7.60. The van der Waals surface area contributed by atoms with E-state index in [9.17, 15) is 0 Å². The van der Waals surface area contributed by atoms with Crippen LogP contribution < -0.4 is 10.1 Å². The molecular weight excluding hydrogens is 206 g/mol. The lowest BCUT2D eigenvalue weighted by Crippen LogP contribution is -2.16. The number of hydrogen-bond donors (Lipinski definition) is 1. The van der Waals surface area contributed by atoms with Crippen LogP contribution in [-0.2, 0) is 0 Å². The van der Waals surface area contributed by atoms with Crippen LogP contribution in [0.3, 0.4) is 0 Å². The first-order valence-corrected chi connectivity index (χ1v) is 6.57. The molecule has 15 heavy (non-hydrogen) atoms. The van der Waals surface area contributed by atoms with Gasteiger partial charge in [-0.2, -0.15) is 0 Å². The largest absolute Gasteiger partial charge is 0.494 e. The Labute approximate surface area is 96.4 Å². The molecule has 0 amide bonds. The Morgan fingerprint density at radius 1 is 1.27 bits per heavy atom. The summed E-state index contributed by atoms with van der Waals surface area (Å²) in [6.07, 6.45) is 3.13. The van der Waals surface area contributed by atoms with Crippen molar-refractivity contribution in [2.75, 3.05) is 26.0 Å². The van der Waals surface area contributed by atoms with E-state index in [1.54, 1.807) is 11.8 Å². The summed E-state index contributed by atoms with van der Waals surface area (Å²) in [5.74, 6) is 0.962. The summed E-state index contributed by atoms with van der Waals surface area (Å²) in [5.41, 5.74) is 0. The SMILES string of the molecule is CCNCCCOc1ccc(SC)cc1. The smallest absolute Gasteiger partial charge is 0.119 e. The lowest BCUT2D eigenvalue weighted by atomic mass is 10.3. The van der Waals surface area contributed by atoms with Crippen LogP contribution in [0.5, 0.6) is 5.75 Å². The average molecular weight is 225 g/mol. The minimum absolute atomic E-state index is 0.783. The predicted molar refractivity (Wildman–Crippen MR) is 66.9 cm³/mol. The van der Waals surface area contributed by atoms with E-state index in [-0.39, 0.29) is 0 Å². The molecule has 0 unspecified atom stereocenters. The topological polar surface area (TPSA) is 21.3 Å². The first-order valence-electron chi connectivity index (χ1n) is 5.34. The summed E-state index contributed by atoms with van der Waals surface area (Å²) >= 11 is 1.75. The molecule has 0 aliphatic heterocycles. The quantitative estimate of drug-likeness (QED) is 0.569. The van der Waals surface area contributed by atoms with Crippen LogP contribution in [0.25, 0.3) is 0 Å². The van der Waals surface area contributed by atoms with Gasteiger partial charge >= 0.3 is 0 Å². The van der Waals surface area contributed by atoms with Crippen LogP contribution in [0, 0.1) is 0 Å². The Bertz CT molecular complexity index is 261. The van der Waals surface area contributed by atoms with Gasteiger partial charge in [0, 0.05) is 4.90 Å². The third kappa shape index (κ3) is 5.09. The van der Waals surface area contributed by atoms with Gasteiger partial charge in [-0.1, -0.05) is 6.92 Å². The van der Waals surface area contributed by atoms with Crippen LogP contribution >= 0.6 is 11.8 Å². The molecule has 1 rings (SSSR count). The summed E-state index contributed by atoms with van der Waals surface area (Å²) in [6, 6.07) is 8.23. The summed E-state index contributed by atoms with van der Waals surface area (Å²) < 4.78 is 5.60. The van der Waals surface area contributed by atoms with Crippen molar-refractivity contribution in [2.45, 2.75) is 18.2 Å². The van der Waals surface area contributed by atoms with E-state index < -0.39 is 0 Å². The second-order valence-electron chi connectivity index (χ2n) is 3.23. The van der Waals surface area contributed by atoms with E-state index in [0.29, 0.717) is 0 Å². The fraction of sp³-hybridized carbons (Fsp3) is 0.500. The minimum atomic E-state index is 0.783. The number of rotatable bonds is 7. The van der Waals surface area contributed by atoms with Crippen LogP contribution in [0.4, 0.5) is 0 Å². The summed E-state index contributed by atoms with van der Waals surface area (Å²) in [5, 5.41) is 3.27. The zero-order valence-corrected chi connectivity index (χ0v) is 10.3. The summed E-state index contributed by atoms with van der Waals surface area (Å²) in [7, 11) is 0. The van der Waals surface area contributed by atoms with Gasteiger partial charge in [-0.15, -0.1) is 11.8 Å². The normalized spacial score (nSPS) is 10.3. The fourth-order valence-electron chi connectivity index (χ4n) is 1.24. The van der Waals surface area contributed by atoms with Gasteiger partial charge in [0.1, 0.15) is 5.75 Å². The van der Waals surface area contributed by atoms with Crippen molar-refractivity contribution in [1.29, 1.82) is 0 Å². The Hall–Kier alpha value is -0.670. The van der Waals surface area contributed by atoms with E-state index >= 15 is 0 Å². The van der Waals surface area contributed by atoms with Crippen LogP contribution in [-0.4, -0.2) is 26.0 Å². The van der Waals surface area contributed by atoms with Gasteiger partial charge in [-0.05, 0) is 50.0 Å². The summed E-state index contributed by atoms with van der Waals surface area (Å²) in [4.78, 5) is 1.27. The van der Waals surface area contributed by atoms with Gasteiger partial charge in [0.2, 0.25) is 0 Å². The number of hydrogen-bond acceptors (Lipinski definition) is 3. The Balaban J connectivity index is 2.20. The first-order chi connectivity index (χ1) is 7.36. The maximum Gasteiger partial charge on any atom is 0.119 e. The Morgan fingerprint density at radius 3 is 2.60 bits per heavy atom. The number of benzene rings is 1. The minimum Gasteiger partial charge on any atom is -0.494 e. The molecule has 3 heteroatoms. The lowest BCUT2D eigenvalue weighted by molar-refractivity contribution is 0.308. The van der Waals surface area contributed by atoms with E-state index in [1.807, 2.05) is 12.1 Å². The molecule has 0 heterocycles. The maximum atomic E-state index is 5.60. The van der Waals surface area contributed by atoms with Crippen LogP contribution in [0.2, 0.25) is 0 Å². The monoisotopic (exact) mass is 225 g/mol. The molecule has 1 aromatic carbocycles. The highest BCUT2D eigenvalue weighted by Crippen LogP contribution is 2.18. The van der Waals surface area contributed by atoms with Crippen LogP contribution in [0.1, 0.15) is 13.3 Å². The number of ether oxygens (including phenoxy) is 1. The van der Waals surface area contributed by atoms with E-state index in [0.717, 1.165) is 31.9 Å². The molecule has 0 aromatic heterocycles. The molecule has 84 valence electrons. The molecule has 0 bridgehead atoms. The molecule has 0 saturated heterocycles. The molecule has 0 saturated carbocycles.